The number of anilines is 1. The molecule has 9 nitrogen and oxygen atoms in total. The molecule has 3 aromatic heterocycles. The molecular weight excluding hydrogens is 462 g/mol. The van der Waals surface area contributed by atoms with E-state index in [1.165, 1.54) is 10.9 Å². The molecule has 5 rings (SSSR count). The summed E-state index contributed by atoms with van der Waals surface area (Å²) in [6.45, 7) is 5.83. The van der Waals surface area contributed by atoms with E-state index in [9.17, 15) is 9.59 Å². The molecule has 0 fully saturated rings. The summed E-state index contributed by atoms with van der Waals surface area (Å²) < 4.78 is 3.05. The van der Waals surface area contributed by atoms with E-state index in [1.54, 1.807) is 35.5 Å². The van der Waals surface area contributed by atoms with E-state index in [0.717, 1.165) is 21.9 Å². The van der Waals surface area contributed by atoms with Crippen LogP contribution in [0.2, 0.25) is 0 Å². The second kappa shape index (κ2) is 9.22. The predicted octanol–water partition coefficient (Wildman–Crippen LogP) is 4.28. The number of aromatic amines is 1. The van der Waals surface area contributed by atoms with E-state index in [0.29, 0.717) is 28.1 Å². The summed E-state index contributed by atoms with van der Waals surface area (Å²) in [6, 6.07) is 16.9. The molecule has 0 unspecified atom stereocenters. The van der Waals surface area contributed by atoms with Crippen molar-refractivity contribution in [1.29, 1.82) is 0 Å². The quantitative estimate of drug-likeness (QED) is 0.348. The summed E-state index contributed by atoms with van der Waals surface area (Å²) in [4.78, 5) is 34.3. The largest absolute Gasteiger partial charge is 0.306 e. The number of carbonyl (C=O) groups excluding carboxylic acids is 1. The van der Waals surface area contributed by atoms with Gasteiger partial charge in [0, 0.05) is 11.0 Å². The van der Waals surface area contributed by atoms with Gasteiger partial charge in [0.25, 0.3) is 11.5 Å². The number of rotatable bonds is 6. The van der Waals surface area contributed by atoms with E-state index in [1.807, 2.05) is 56.3 Å². The number of benzene rings is 2. The Morgan fingerprint density at radius 1 is 1.09 bits per heavy atom. The predicted molar refractivity (Wildman–Crippen MR) is 137 cm³/mol. The number of carbonyl (C=O) groups is 1. The monoisotopic (exact) mass is 485 g/mol. The molecule has 2 aromatic carbocycles. The third-order valence-electron chi connectivity index (χ3n) is 5.38. The first-order chi connectivity index (χ1) is 16.9. The Hall–Kier alpha value is -4.18. The number of aromatic nitrogens is 6. The number of hydrogen-bond acceptors (Lipinski definition) is 6. The van der Waals surface area contributed by atoms with Crippen molar-refractivity contribution < 1.29 is 4.79 Å². The average Bonchev–Trinajstić information content (AvgIpc) is 3.43. The van der Waals surface area contributed by atoms with Gasteiger partial charge in [0.1, 0.15) is 11.2 Å². The number of amides is 1. The summed E-state index contributed by atoms with van der Waals surface area (Å²) in [5, 5.41) is 12.1. The standard InChI is InChI=1S/C25H23N7O2S/c1-4-35-20-11-6-5-10-18(20)23(33)27-21-13-16(3)30-32(21)25-28-22-19(24(34)29-25)14-26-31(22)17-9-7-8-15(2)12-17/h5-14H,4H2,1-3H3,(H,27,33)(H,28,29,34). The van der Waals surface area contributed by atoms with E-state index in [4.69, 9.17) is 0 Å². The average molecular weight is 486 g/mol. The fourth-order valence-corrected chi connectivity index (χ4v) is 4.63. The summed E-state index contributed by atoms with van der Waals surface area (Å²) in [6.07, 6.45) is 1.49. The molecule has 5 aromatic rings. The lowest BCUT2D eigenvalue weighted by atomic mass is 10.2. The van der Waals surface area contributed by atoms with Crippen LogP contribution >= 0.6 is 11.8 Å². The molecule has 3 heterocycles. The van der Waals surface area contributed by atoms with Crippen LogP contribution in [0.5, 0.6) is 0 Å². The van der Waals surface area contributed by atoms with Crippen LogP contribution in [0.15, 0.2) is 70.5 Å². The summed E-state index contributed by atoms with van der Waals surface area (Å²) in [7, 11) is 0. The van der Waals surface area contributed by atoms with Crippen molar-refractivity contribution in [3.8, 4) is 11.6 Å². The molecule has 0 radical (unpaired) electrons. The molecule has 0 aliphatic carbocycles. The van der Waals surface area contributed by atoms with E-state index in [2.05, 4.69) is 25.5 Å². The molecule has 0 spiro atoms. The number of thioether (sulfide) groups is 1. The summed E-state index contributed by atoms with van der Waals surface area (Å²) in [5.41, 5.74) is 3.12. The lowest BCUT2D eigenvalue weighted by Crippen LogP contribution is -2.19. The normalized spacial score (nSPS) is 11.2. The summed E-state index contributed by atoms with van der Waals surface area (Å²) in [5.74, 6) is 1.15. The Labute approximate surface area is 205 Å². The fraction of sp³-hybridized carbons (Fsp3) is 0.160. The van der Waals surface area contributed by atoms with Gasteiger partial charge in [0.2, 0.25) is 5.95 Å². The lowest BCUT2D eigenvalue weighted by Gasteiger charge is -2.11. The molecule has 0 aliphatic heterocycles. The first-order valence-electron chi connectivity index (χ1n) is 11.1. The molecule has 176 valence electrons. The molecule has 10 heteroatoms. The van der Waals surface area contributed by atoms with Gasteiger partial charge in [-0.15, -0.1) is 11.8 Å². The number of H-pyrrole nitrogens is 1. The van der Waals surface area contributed by atoms with Crippen molar-refractivity contribution in [2.75, 3.05) is 11.1 Å². The highest BCUT2D eigenvalue weighted by Gasteiger charge is 2.18. The third-order valence-corrected chi connectivity index (χ3v) is 6.33. The summed E-state index contributed by atoms with van der Waals surface area (Å²) >= 11 is 1.60. The van der Waals surface area contributed by atoms with Crippen LogP contribution in [0, 0.1) is 13.8 Å². The minimum absolute atomic E-state index is 0.177. The van der Waals surface area contributed by atoms with Gasteiger partial charge in [-0.1, -0.05) is 31.2 Å². The van der Waals surface area contributed by atoms with Crippen LogP contribution in [0.1, 0.15) is 28.5 Å². The van der Waals surface area contributed by atoms with Crippen LogP contribution in [0.3, 0.4) is 0 Å². The molecule has 2 N–H and O–H groups in total. The minimum atomic E-state index is -0.348. The fourth-order valence-electron chi connectivity index (χ4n) is 3.83. The van der Waals surface area contributed by atoms with E-state index < -0.39 is 0 Å². The SMILES string of the molecule is CCSc1ccccc1C(=O)Nc1cc(C)nn1-c1nc2c(cnn2-c2cccc(C)c2)c(=O)[nH]1. The van der Waals surface area contributed by atoms with E-state index >= 15 is 0 Å². The van der Waals surface area contributed by atoms with Crippen LogP contribution in [0.4, 0.5) is 5.82 Å². The topological polar surface area (TPSA) is 110 Å². The van der Waals surface area contributed by atoms with Crippen molar-refractivity contribution in [2.45, 2.75) is 25.7 Å². The highest BCUT2D eigenvalue weighted by molar-refractivity contribution is 7.99. The Kier molecular flexibility index (Phi) is 5.96. The molecule has 0 saturated heterocycles. The molecule has 1 amide bonds. The second-order valence-corrected chi connectivity index (χ2v) is 9.29. The number of nitrogens with one attached hydrogen (secondary N) is 2. The zero-order chi connectivity index (χ0) is 24.5. The van der Waals surface area contributed by atoms with Gasteiger partial charge in [-0.25, -0.2) is 4.68 Å². The molecule has 0 atom stereocenters. The Morgan fingerprint density at radius 2 is 1.91 bits per heavy atom. The van der Waals surface area contributed by atoms with Gasteiger partial charge in [-0.3, -0.25) is 14.6 Å². The molecule has 0 saturated carbocycles. The van der Waals surface area contributed by atoms with Gasteiger partial charge in [-0.05, 0) is 49.4 Å². The van der Waals surface area contributed by atoms with Crippen LogP contribution in [0.25, 0.3) is 22.7 Å². The lowest BCUT2D eigenvalue weighted by molar-refractivity contribution is 0.102. The number of hydrogen-bond donors (Lipinski definition) is 2. The number of fused-ring (bicyclic) bond motifs is 1. The highest BCUT2D eigenvalue weighted by Crippen LogP contribution is 2.24. The zero-order valence-corrected chi connectivity index (χ0v) is 20.3. The second-order valence-electron chi connectivity index (χ2n) is 7.99. The first kappa shape index (κ1) is 22.6. The van der Waals surface area contributed by atoms with Crippen molar-refractivity contribution >= 4 is 34.5 Å². The van der Waals surface area contributed by atoms with Gasteiger partial charge in [0.15, 0.2) is 5.65 Å². The maximum Gasteiger partial charge on any atom is 0.263 e. The molecule has 0 aliphatic rings. The smallest absolute Gasteiger partial charge is 0.263 e. The van der Waals surface area contributed by atoms with Crippen LogP contribution < -0.4 is 10.9 Å². The van der Waals surface area contributed by atoms with Crippen LogP contribution in [-0.2, 0) is 0 Å². The molecular formula is C25H23N7O2S. The Morgan fingerprint density at radius 3 is 2.71 bits per heavy atom. The Bertz CT molecular complexity index is 1620. The first-order valence-corrected chi connectivity index (χ1v) is 12.1. The minimum Gasteiger partial charge on any atom is -0.306 e. The van der Waals surface area contributed by atoms with Gasteiger partial charge in [0.05, 0.1) is 23.1 Å². The van der Waals surface area contributed by atoms with E-state index in [-0.39, 0.29) is 17.4 Å². The zero-order valence-electron chi connectivity index (χ0n) is 19.4. The highest BCUT2D eigenvalue weighted by atomic mass is 32.2. The maximum absolute atomic E-state index is 13.1. The third kappa shape index (κ3) is 4.35. The number of aryl methyl sites for hydroxylation is 2. The van der Waals surface area contributed by atoms with Crippen LogP contribution in [-0.4, -0.2) is 41.2 Å². The van der Waals surface area contributed by atoms with Crippen molar-refractivity contribution in [2.24, 2.45) is 0 Å². The maximum atomic E-state index is 13.1. The van der Waals surface area contributed by atoms with Crippen molar-refractivity contribution in [3.05, 3.63) is 88.0 Å². The van der Waals surface area contributed by atoms with Gasteiger partial charge in [-0.2, -0.15) is 19.9 Å². The van der Waals surface area contributed by atoms with Gasteiger partial charge >= 0.3 is 0 Å². The number of nitrogens with zero attached hydrogens (tertiary/aromatic N) is 5. The van der Waals surface area contributed by atoms with Gasteiger partial charge < -0.3 is 5.32 Å². The molecule has 35 heavy (non-hydrogen) atoms. The van der Waals surface area contributed by atoms with Crippen molar-refractivity contribution in [3.63, 3.8) is 0 Å². The molecule has 0 bridgehead atoms. The van der Waals surface area contributed by atoms with Crippen molar-refractivity contribution in [1.82, 2.24) is 29.5 Å². The Balaban J connectivity index is 1.57.